The van der Waals surface area contributed by atoms with Crippen LogP contribution in [0, 0.1) is 0 Å². The minimum atomic E-state index is 0.625. The van der Waals surface area contributed by atoms with Gasteiger partial charge >= 0.3 is 0 Å². The number of aryl methyl sites for hydroxylation is 1. The molecule has 0 saturated heterocycles. The summed E-state index contributed by atoms with van der Waals surface area (Å²) in [5.41, 5.74) is 3.07. The monoisotopic (exact) mass is 232 g/mol. The Hall–Kier alpha value is -0.860. The first-order valence-corrected chi connectivity index (χ1v) is 6.80. The number of likely N-dealkylation sites (N-methyl/N-ethyl adjacent to an activating group) is 1. The van der Waals surface area contributed by atoms with Crippen LogP contribution in [-0.2, 0) is 13.0 Å². The normalized spacial score (nSPS) is 18.5. The fourth-order valence-corrected chi connectivity index (χ4v) is 2.66. The van der Waals surface area contributed by atoms with E-state index in [0.717, 1.165) is 6.54 Å². The Morgan fingerprint density at radius 3 is 2.76 bits per heavy atom. The molecule has 0 fully saturated rings. The quantitative estimate of drug-likeness (QED) is 0.857. The van der Waals surface area contributed by atoms with Crippen LogP contribution in [0.15, 0.2) is 24.3 Å². The van der Waals surface area contributed by atoms with Crippen LogP contribution < -0.4 is 5.32 Å². The Bertz CT molecular complexity index is 345. The Labute approximate surface area is 105 Å². The second kappa shape index (κ2) is 6.18. The largest absolute Gasteiger partial charge is 0.316 e. The number of rotatable bonds is 4. The van der Waals surface area contributed by atoms with E-state index in [4.69, 9.17) is 0 Å². The van der Waals surface area contributed by atoms with Crippen LogP contribution in [0.3, 0.4) is 0 Å². The highest BCUT2D eigenvalue weighted by atomic mass is 15.1. The van der Waals surface area contributed by atoms with E-state index in [9.17, 15) is 0 Å². The Balaban J connectivity index is 2.02. The average molecular weight is 232 g/mol. The maximum absolute atomic E-state index is 3.40. The number of nitrogens with zero attached hydrogens (tertiary/aromatic N) is 1. The van der Waals surface area contributed by atoms with Crippen molar-refractivity contribution in [2.24, 2.45) is 0 Å². The molecule has 17 heavy (non-hydrogen) atoms. The topological polar surface area (TPSA) is 15.3 Å². The van der Waals surface area contributed by atoms with Crippen molar-refractivity contribution in [3.63, 3.8) is 0 Å². The smallest absolute Gasteiger partial charge is 0.0237 e. The molecule has 94 valence electrons. The van der Waals surface area contributed by atoms with Gasteiger partial charge < -0.3 is 5.32 Å². The molecule has 1 aliphatic heterocycles. The lowest BCUT2D eigenvalue weighted by atomic mass is 10.0. The van der Waals surface area contributed by atoms with Gasteiger partial charge in [-0.25, -0.2) is 0 Å². The molecule has 1 heterocycles. The Morgan fingerprint density at radius 2 is 2.06 bits per heavy atom. The number of nitrogens with one attached hydrogen (secondary N) is 1. The van der Waals surface area contributed by atoms with Gasteiger partial charge in [-0.3, -0.25) is 4.90 Å². The van der Waals surface area contributed by atoms with E-state index < -0.39 is 0 Å². The highest BCUT2D eigenvalue weighted by Crippen LogP contribution is 2.18. The lowest BCUT2D eigenvalue weighted by Gasteiger charge is -2.25. The van der Waals surface area contributed by atoms with Crippen molar-refractivity contribution in [2.45, 2.75) is 38.8 Å². The molecular weight excluding hydrogens is 208 g/mol. The highest BCUT2D eigenvalue weighted by molar-refractivity contribution is 5.28. The first kappa shape index (κ1) is 12.6. The molecule has 0 aliphatic carbocycles. The van der Waals surface area contributed by atoms with E-state index in [2.05, 4.69) is 48.5 Å². The second-order valence-electron chi connectivity index (χ2n) is 5.00. The molecular formula is C15H24N2. The van der Waals surface area contributed by atoms with Gasteiger partial charge in [-0.1, -0.05) is 31.2 Å². The van der Waals surface area contributed by atoms with Gasteiger partial charge in [0, 0.05) is 19.1 Å². The van der Waals surface area contributed by atoms with Gasteiger partial charge in [-0.05, 0) is 44.0 Å². The fourth-order valence-electron chi connectivity index (χ4n) is 2.66. The second-order valence-corrected chi connectivity index (χ2v) is 5.00. The van der Waals surface area contributed by atoms with Gasteiger partial charge in [-0.15, -0.1) is 0 Å². The molecule has 0 spiro atoms. The molecule has 1 unspecified atom stereocenters. The molecule has 1 atom stereocenters. The molecule has 0 radical (unpaired) electrons. The number of hydrogen-bond donors (Lipinski definition) is 1. The van der Waals surface area contributed by atoms with Crippen LogP contribution >= 0.6 is 0 Å². The minimum absolute atomic E-state index is 0.625. The fraction of sp³-hybridized carbons (Fsp3) is 0.600. The summed E-state index contributed by atoms with van der Waals surface area (Å²) in [7, 11) is 2.07. The molecule has 2 rings (SSSR count). The van der Waals surface area contributed by atoms with Crippen LogP contribution in [-0.4, -0.2) is 31.1 Å². The van der Waals surface area contributed by atoms with Crippen LogP contribution in [0.5, 0.6) is 0 Å². The van der Waals surface area contributed by atoms with Crippen molar-refractivity contribution < 1.29 is 0 Å². The zero-order chi connectivity index (χ0) is 12.1. The minimum Gasteiger partial charge on any atom is -0.316 e. The summed E-state index contributed by atoms with van der Waals surface area (Å²) in [6, 6.07) is 9.52. The van der Waals surface area contributed by atoms with Gasteiger partial charge in [0.15, 0.2) is 0 Å². The molecule has 0 aromatic heterocycles. The predicted octanol–water partition coefficient (Wildman–Crippen LogP) is 2.43. The molecule has 2 nitrogen and oxygen atoms in total. The molecule has 0 saturated carbocycles. The molecule has 1 aromatic carbocycles. The van der Waals surface area contributed by atoms with Crippen molar-refractivity contribution in [1.82, 2.24) is 10.2 Å². The highest BCUT2D eigenvalue weighted by Gasteiger charge is 2.16. The molecule has 2 heteroatoms. The summed E-state index contributed by atoms with van der Waals surface area (Å²) in [5.74, 6) is 0. The Morgan fingerprint density at radius 1 is 1.29 bits per heavy atom. The van der Waals surface area contributed by atoms with E-state index in [1.54, 1.807) is 5.56 Å². The number of benzene rings is 1. The van der Waals surface area contributed by atoms with Crippen molar-refractivity contribution in [3.05, 3.63) is 35.4 Å². The summed E-state index contributed by atoms with van der Waals surface area (Å²) in [4.78, 5) is 2.59. The third-order valence-corrected chi connectivity index (χ3v) is 3.81. The Kier molecular flexibility index (Phi) is 4.57. The average Bonchev–Trinajstić information content (AvgIpc) is 2.57. The summed E-state index contributed by atoms with van der Waals surface area (Å²) in [6.45, 7) is 5.77. The van der Waals surface area contributed by atoms with E-state index in [-0.39, 0.29) is 0 Å². The van der Waals surface area contributed by atoms with E-state index in [1.165, 1.54) is 37.9 Å². The molecule has 1 aliphatic rings. The van der Waals surface area contributed by atoms with Crippen molar-refractivity contribution in [1.29, 1.82) is 0 Å². The summed E-state index contributed by atoms with van der Waals surface area (Å²) >= 11 is 0. The van der Waals surface area contributed by atoms with E-state index >= 15 is 0 Å². The summed E-state index contributed by atoms with van der Waals surface area (Å²) in [6.07, 6.45) is 3.73. The standard InChI is InChI=1S/C15H24N2/c1-3-15(16-2)12-17-10-6-9-13-7-4-5-8-14(13)11-17/h4-5,7-8,15-16H,3,6,9-12H2,1-2H3. The summed E-state index contributed by atoms with van der Waals surface area (Å²) in [5, 5.41) is 3.40. The molecule has 1 aromatic rings. The van der Waals surface area contributed by atoms with Crippen LogP contribution in [0.1, 0.15) is 30.9 Å². The van der Waals surface area contributed by atoms with Gasteiger partial charge in [0.25, 0.3) is 0 Å². The molecule has 1 N–H and O–H groups in total. The first-order chi connectivity index (χ1) is 8.33. The van der Waals surface area contributed by atoms with Gasteiger partial charge in [0.1, 0.15) is 0 Å². The zero-order valence-electron chi connectivity index (χ0n) is 11.1. The van der Waals surface area contributed by atoms with E-state index in [0.29, 0.717) is 6.04 Å². The first-order valence-electron chi connectivity index (χ1n) is 6.80. The van der Waals surface area contributed by atoms with Crippen LogP contribution in [0.25, 0.3) is 0 Å². The van der Waals surface area contributed by atoms with Gasteiger partial charge in [0.2, 0.25) is 0 Å². The lowest BCUT2D eigenvalue weighted by molar-refractivity contribution is 0.238. The van der Waals surface area contributed by atoms with Gasteiger partial charge in [-0.2, -0.15) is 0 Å². The predicted molar refractivity (Wildman–Crippen MR) is 73.2 cm³/mol. The maximum Gasteiger partial charge on any atom is 0.0237 e. The zero-order valence-corrected chi connectivity index (χ0v) is 11.1. The van der Waals surface area contributed by atoms with Crippen LogP contribution in [0.2, 0.25) is 0 Å². The number of hydrogen-bond acceptors (Lipinski definition) is 2. The van der Waals surface area contributed by atoms with E-state index in [1.807, 2.05) is 0 Å². The summed E-state index contributed by atoms with van der Waals surface area (Å²) < 4.78 is 0. The third kappa shape index (κ3) is 3.30. The van der Waals surface area contributed by atoms with Gasteiger partial charge in [0.05, 0.1) is 0 Å². The van der Waals surface area contributed by atoms with Crippen LogP contribution in [0.4, 0.5) is 0 Å². The number of fused-ring (bicyclic) bond motifs is 1. The SMILES string of the molecule is CCC(CN1CCCc2ccccc2C1)NC. The van der Waals surface area contributed by atoms with Crippen molar-refractivity contribution >= 4 is 0 Å². The molecule has 0 bridgehead atoms. The van der Waals surface area contributed by atoms with Crippen molar-refractivity contribution in [2.75, 3.05) is 20.1 Å². The lowest BCUT2D eigenvalue weighted by Crippen LogP contribution is -2.38. The van der Waals surface area contributed by atoms with Crippen molar-refractivity contribution in [3.8, 4) is 0 Å². The maximum atomic E-state index is 3.40. The third-order valence-electron chi connectivity index (χ3n) is 3.81. The molecule has 0 amide bonds.